The standard InChI is InChI=1S/C14H20F3N/c1-10(2)13(18-3)8-7-11-5-4-6-12(9-11)14(15,16)17/h4-6,9-10,13,18H,7-8H2,1-3H3. The van der Waals surface area contributed by atoms with E-state index in [9.17, 15) is 13.2 Å². The molecule has 0 aliphatic carbocycles. The van der Waals surface area contributed by atoms with Crippen LogP contribution in [-0.2, 0) is 12.6 Å². The van der Waals surface area contributed by atoms with Crippen LogP contribution < -0.4 is 5.32 Å². The zero-order valence-corrected chi connectivity index (χ0v) is 11.0. The van der Waals surface area contributed by atoms with Crippen LogP contribution in [0.25, 0.3) is 0 Å². The van der Waals surface area contributed by atoms with Gasteiger partial charge in [0.1, 0.15) is 0 Å². The number of nitrogens with one attached hydrogen (secondary N) is 1. The van der Waals surface area contributed by atoms with Crippen LogP contribution in [0.4, 0.5) is 13.2 Å². The van der Waals surface area contributed by atoms with E-state index in [0.29, 0.717) is 18.4 Å². The van der Waals surface area contributed by atoms with Crippen molar-refractivity contribution < 1.29 is 13.2 Å². The fourth-order valence-electron chi connectivity index (χ4n) is 2.04. The summed E-state index contributed by atoms with van der Waals surface area (Å²) in [6, 6.07) is 5.91. The van der Waals surface area contributed by atoms with Gasteiger partial charge in [-0.3, -0.25) is 0 Å². The third-order valence-electron chi connectivity index (χ3n) is 3.17. The molecule has 1 N–H and O–H groups in total. The molecule has 1 rings (SSSR count). The van der Waals surface area contributed by atoms with Crippen molar-refractivity contribution in [3.8, 4) is 0 Å². The lowest BCUT2D eigenvalue weighted by Crippen LogP contribution is -2.31. The van der Waals surface area contributed by atoms with Crippen molar-refractivity contribution in [3.63, 3.8) is 0 Å². The second-order valence-electron chi connectivity index (χ2n) is 4.88. The highest BCUT2D eigenvalue weighted by atomic mass is 19.4. The van der Waals surface area contributed by atoms with E-state index in [2.05, 4.69) is 19.2 Å². The number of aryl methyl sites for hydroxylation is 1. The number of hydrogen-bond donors (Lipinski definition) is 1. The Kier molecular flexibility index (Phi) is 5.20. The molecule has 1 atom stereocenters. The summed E-state index contributed by atoms with van der Waals surface area (Å²) in [5.41, 5.74) is 0.177. The lowest BCUT2D eigenvalue weighted by atomic mass is 9.96. The highest BCUT2D eigenvalue weighted by molar-refractivity contribution is 5.25. The van der Waals surface area contributed by atoms with Crippen LogP contribution in [0, 0.1) is 5.92 Å². The van der Waals surface area contributed by atoms with E-state index in [1.54, 1.807) is 6.07 Å². The Labute approximate surface area is 106 Å². The van der Waals surface area contributed by atoms with Crippen LogP contribution in [-0.4, -0.2) is 13.1 Å². The van der Waals surface area contributed by atoms with Gasteiger partial charge in [-0.15, -0.1) is 0 Å². The maximum atomic E-state index is 12.5. The molecule has 0 saturated carbocycles. The third kappa shape index (κ3) is 4.33. The van der Waals surface area contributed by atoms with E-state index in [1.165, 1.54) is 12.1 Å². The van der Waals surface area contributed by atoms with E-state index in [1.807, 2.05) is 7.05 Å². The first kappa shape index (κ1) is 15.0. The Morgan fingerprint density at radius 2 is 1.89 bits per heavy atom. The lowest BCUT2D eigenvalue weighted by molar-refractivity contribution is -0.137. The van der Waals surface area contributed by atoms with Gasteiger partial charge in [-0.2, -0.15) is 13.2 Å². The van der Waals surface area contributed by atoms with E-state index >= 15 is 0 Å². The molecule has 0 fully saturated rings. The van der Waals surface area contributed by atoms with Gasteiger partial charge in [0.25, 0.3) is 0 Å². The summed E-state index contributed by atoms with van der Waals surface area (Å²) in [5.74, 6) is 0.473. The van der Waals surface area contributed by atoms with Crippen LogP contribution in [0.2, 0.25) is 0 Å². The van der Waals surface area contributed by atoms with Gasteiger partial charge >= 0.3 is 6.18 Å². The molecule has 0 aliphatic heterocycles. The summed E-state index contributed by atoms with van der Waals surface area (Å²) in [7, 11) is 1.89. The highest BCUT2D eigenvalue weighted by Gasteiger charge is 2.30. The van der Waals surface area contributed by atoms with Crippen LogP contribution in [0.15, 0.2) is 24.3 Å². The SMILES string of the molecule is CNC(CCc1cccc(C(F)(F)F)c1)C(C)C. The second-order valence-corrected chi connectivity index (χ2v) is 4.88. The molecule has 0 bridgehead atoms. The molecule has 1 aromatic carbocycles. The van der Waals surface area contributed by atoms with Gasteiger partial charge in [0.15, 0.2) is 0 Å². The molecular weight excluding hydrogens is 239 g/mol. The van der Waals surface area contributed by atoms with E-state index in [0.717, 1.165) is 18.1 Å². The molecule has 102 valence electrons. The van der Waals surface area contributed by atoms with Gasteiger partial charge in [0.2, 0.25) is 0 Å². The minimum absolute atomic E-state index is 0.333. The Morgan fingerprint density at radius 1 is 1.22 bits per heavy atom. The molecule has 0 aromatic heterocycles. The topological polar surface area (TPSA) is 12.0 Å². The van der Waals surface area contributed by atoms with Crippen molar-refractivity contribution in [3.05, 3.63) is 35.4 Å². The van der Waals surface area contributed by atoms with Crippen LogP contribution in [0.5, 0.6) is 0 Å². The first-order valence-electron chi connectivity index (χ1n) is 6.18. The molecule has 0 spiro atoms. The number of halogens is 3. The Morgan fingerprint density at radius 3 is 2.39 bits per heavy atom. The fraction of sp³-hybridized carbons (Fsp3) is 0.571. The van der Waals surface area contributed by atoms with Crippen molar-refractivity contribution >= 4 is 0 Å². The second kappa shape index (κ2) is 6.23. The minimum Gasteiger partial charge on any atom is -0.317 e. The monoisotopic (exact) mass is 259 g/mol. The molecule has 0 amide bonds. The predicted molar refractivity (Wildman–Crippen MR) is 67.5 cm³/mol. The quantitative estimate of drug-likeness (QED) is 0.846. The number of alkyl halides is 3. The molecule has 1 nitrogen and oxygen atoms in total. The summed E-state index contributed by atoms with van der Waals surface area (Å²) in [6.45, 7) is 4.21. The van der Waals surface area contributed by atoms with Gasteiger partial charge in [0.05, 0.1) is 5.56 Å². The van der Waals surface area contributed by atoms with Gasteiger partial charge < -0.3 is 5.32 Å². The number of rotatable bonds is 5. The van der Waals surface area contributed by atoms with Crippen LogP contribution >= 0.6 is 0 Å². The smallest absolute Gasteiger partial charge is 0.317 e. The van der Waals surface area contributed by atoms with Crippen LogP contribution in [0.1, 0.15) is 31.4 Å². The third-order valence-corrected chi connectivity index (χ3v) is 3.17. The van der Waals surface area contributed by atoms with E-state index in [4.69, 9.17) is 0 Å². The largest absolute Gasteiger partial charge is 0.416 e. The molecule has 0 heterocycles. The molecular formula is C14H20F3N. The summed E-state index contributed by atoms with van der Waals surface area (Å²) >= 11 is 0. The van der Waals surface area contributed by atoms with E-state index in [-0.39, 0.29) is 0 Å². The van der Waals surface area contributed by atoms with Crippen molar-refractivity contribution in [1.29, 1.82) is 0 Å². The van der Waals surface area contributed by atoms with Crippen molar-refractivity contribution in [1.82, 2.24) is 5.32 Å². The maximum Gasteiger partial charge on any atom is 0.416 e. The molecule has 18 heavy (non-hydrogen) atoms. The average molecular weight is 259 g/mol. The lowest BCUT2D eigenvalue weighted by Gasteiger charge is -2.20. The molecule has 4 heteroatoms. The van der Waals surface area contributed by atoms with E-state index < -0.39 is 11.7 Å². The highest BCUT2D eigenvalue weighted by Crippen LogP contribution is 2.29. The summed E-state index contributed by atoms with van der Waals surface area (Å²) < 4.78 is 37.6. The zero-order valence-electron chi connectivity index (χ0n) is 11.0. The van der Waals surface area contributed by atoms with Gasteiger partial charge in [-0.25, -0.2) is 0 Å². The maximum absolute atomic E-state index is 12.5. The number of benzene rings is 1. The molecule has 0 saturated heterocycles. The van der Waals surface area contributed by atoms with Crippen molar-refractivity contribution in [2.45, 2.75) is 38.9 Å². The van der Waals surface area contributed by atoms with Gasteiger partial charge in [-0.05, 0) is 37.4 Å². The fourth-order valence-corrected chi connectivity index (χ4v) is 2.04. The predicted octanol–water partition coefficient (Wildman–Crippen LogP) is 3.88. The Bertz CT molecular complexity index is 372. The zero-order chi connectivity index (χ0) is 13.8. The minimum atomic E-state index is -4.25. The molecule has 0 radical (unpaired) electrons. The average Bonchev–Trinajstić information content (AvgIpc) is 2.28. The Hall–Kier alpha value is -1.03. The molecule has 1 aromatic rings. The normalized spacial score (nSPS) is 13.9. The summed E-state index contributed by atoms with van der Waals surface area (Å²) in [4.78, 5) is 0. The number of hydrogen-bond acceptors (Lipinski definition) is 1. The van der Waals surface area contributed by atoms with Crippen molar-refractivity contribution in [2.24, 2.45) is 5.92 Å². The Balaban J connectivity index is 2.68. The first-order valence-corrected chi connectivity index (χ1v) is 6.18. The van der Waals surface area contributed by atoms with Crippen LogP contribution in [0.3, 0.4) is 0 Å². The van der Waals surface area contributed by atoms with Crippen molar-refractivity contribution in [2.75, 3.05) is 7.05 Å². The van der Waals surface area contributed by atoms with Gasteiger partial charge in [0, 0.05) is 6.04 Å². The molecule has 0 aliphatic rings. The first-order chi connectivity index (χ1) is 8.34. The molecule has 1 unspecified atom stereocenters. The summed E-state index contributed by atoms with van der Waals surface area (Å²) in [6.07, 6.45) is -2.75. The van der Waals surface area contributed by atoms with Gasteiger partial charge in [-0.1, -0.05) is 32.0 Å². The summed E-state index contributed by atoms with van der Waals surface area (Å²) in [5, 5.41) is 3.19.